The average molecular weight is 551 g/mol. The van der Waals surface area contributed by atoms with E-state index in [-0.39, 0.29) is 24.3 Å². The molecule has 0 aromatic carbocycles. The van der Waals surface area contributed by atoms with E-state index in [1.165, 1.54) is 24.2 Å². The van der Waals surface area contributed by atoms with Crippen LogP contribution < -0.4 is 9.80 Å². The molecule has 2 saturated heterocycles. The predicted molar refractivity (Wildman–Crippen MR) is 133 cm³/mol. The van der Waals surface area contributed by atoms with Crippen molar-refractivity contribution in [2.45, 2.75) is 49.6 Å². The van der Waals surface area contributed by atoms with Gasteiger partial charge in [0.25, 0.3) is 0 Å². The normalized spacial score (nSPS) is 24.6. The predicted octanol–water partition coefficient (Wildman–Crippen LogP) is 3.47. The van der Waals surface area contributed by atoms with Crippen molar-refractivity contribution in [2.24, 2.45) is 0 Å². The van der Waals surface area contributed by atoms with Crippen molar-refractivity contribution in [2.75, 3.05) is 48.4 Å². The van der Waals surface area contributed by atoms with Gasteiger partial charge in [-0.05, 0) is 25.2 Å². The number of hydrogen-bond acceptors (Lipinski definition) is 9. The zero-order chi connectivity index (χ0) is 27.5. The van der Waals surface area contributed by atoms with Gasteiger partial charge in [-0.15, -0.1) is 22.0 Å². The van der Waals surface area contributed by atoms with Crippen LogP contribution in [0, 0.1) is 11.3 Å². The minimum atomic E-state index is -4.77. The van der Waals surface area contributed by atoms with Crippen molar-refractivity contribution < 1.29 is 22.4 Å². The minimum Gasteiger partial charge on any atom is -0.352 e. The number of carbonyl (C=O) groups is 1. The molecule has 2 aromatic rings. The lowest BCUT2D eigenvalue weighted by molar-refractivity contribution is -0.138. The molecule has 2 fully saturated rings. The second-order valence-electron chi connectivity index (χ2n) is 10.5. The molecule has 2 atom stereocenters. The number of piperazine rings is 1. The third kappa shape index (κ3) is 4.20. The highest BCUT2D eigenvalue weighted by molar-refractivity contribution is 8.02. The molecule has 3 aliphatic rings. The summed E-state index contributed by atoms with van der Waals surface area (Å²) in [6.45, 7) is 6.75. The number of aromatic nitrogens is 4. The molecule has 5 heterocycles. The number of alkyl halides is 4. The van der Waals surface area contributed by atoms with Gasteiger partial charge < -0.3 is 14.7 Å². The molecule has 202 valence electrons. The third-order valence-electron chi connectivity index (χ3n) is 7.44. The van der Waals surface area contributed by atoms with Crippen LogP contribution in [0.2, 0.25) is 0 Å². The Morgan fingerprint density at radius 1 is 1.24 bits per heavy atom. The first-order valence-electron chi connectivity index (χ1n) is 12.2. The SMILES string of the molecule is CC1CN(c2ncnc3c2C(C)(C)CN3c2cc(C(F)(F)F)c(C#N)nn2)CCN1C(=O)C1(CF)CCS1. The molecular weight excluding hydrogens is 524 g/mol. The molecule has 0 saturated carbocycles. The zero-order valence-electron chi connectivity index (χ0n) is 21.1. The van der Waals surface area contributed by atoms with Gasteiger partial charge in [-0.1, -0.05) is 13.8 Å². The Hall–Kier alpha value is -3.21. The van der Waals surface area contributed by atoms with Crippen LogP contribution in [0.1, 0.15) is 44.0 Å². The van der Waals surface area contributed by atoms with Gasteiger partial charge >= 0.3 is 6.18 Å². The average Bonchev–Trinajstić information content (AvgIpc) is 3.13. The summed E-state index contributed by atoms with van der Waals surface area (Å²) in [7, 11) is 0. The smallest absolute Gasteiger partial charge is 0.352 e. The maximum absolute atomic E-state index is 13.7. The Morgan fingerprint density at radius 2 is 1.95 bits per heavy atom. The number of halogens is 4. The van der Waals surface area contributed by atoms with Crippen molar-refractivity contribution in [3.05, 3.63) is 29.2 Å². The number of carbonyl (C=O) groups excluding carboxylic acids is 1. The van der Waals surface area contributed by atoms with Gasteiger partial charge in [-0.3, -0.25) is 4.79 Å². The Morgan fingerprint density at radius 3 is 2.53 bits per heavy atom. The second-order valence-corrected chi connectivity index (χ2v) is 11.9. The van der Waals surface area contributed by atoms with Crippen molar-refractivity contribution in [1.29, 1.82) is 5.26 Å². The summed E-state index contributed by atoms with van der Waals surface area (Å²) in [5, 5.41) is 16.5. The van der Waals surface area contributed by atoms with Crippen LogP contribution in [0.25, 0.3) is 0 Å². The lowest BCUT2D eigenvalue weighted by atomic mass is 9.87. The Bertz CT molecular complexity index is 1300. The van der Waals surface area contributed by atoms with Crippen LogP contribution in [0.3, 0.4) is 0 Å². The highest BCUT2D eigenvalue weighted by Crippen LogP contribution is 2.47. The van der Waals surface area contributed by atoms with Gasteiger partial charge in [0.05, 0.1) is 5.56 Å². The van der Waals surface area contributed by atoms with E-state index in [4.69, 9.17) is 5.26 Å². The summed E-state index contributed by atoms with van der Waals surface area (Å²) in [4.78, 5) is 27.4. The summed E-state index contributed by atoms with van der Waals surface area (Å²) < 4.78 is 53.5. The Balaban J connectivity index is 1.45. The van der Waals surface area contributed by atoms with Gasteiger partial charge in [0.15, 0.2) is 11.5 Å². The zero-order valence-corrected chi connectivity index (χ0v) is 21.9. The van der Waals surface area contributed by atoms with Crippen LogP contribution in [-0.2, 0) is 16.4 Å². The van der Waals surface area contributed by atoms with E-state index in [2.05, 4.69) is 20.2 Å². The van der Waals surface area contributed by atoms with Gasteiger partial charge in [0.1, 0.15) is 35.5 Å². The molecular formula is C24H26F4N8OS. The Kier molecular flexibility index (Phi) is 6.40. The number of thioether (sulfide) groups is 1. The van der Waals surface area contributed by atoms with Crippen molar-refractivity contribution in [3.8, 4) is 6.07 Å². The number of hydrogen-bond donors (Lipinski definition) is 0. The highest BCUT2D eigenvalue weighted by Gasteiger charge is 2.50. The van der Waals surface area contributed by atoms with E-state index in [1.807, 2.05) is 25.7 Å². The number of nitriles is 1. The summed E-state index contributed by atoms with van der Waals surface area (Å²) in [6.07, 6.45) is -2.87. The summed E-state index contributed by atoms with van der Waals surface area (Å²) in [5.74, 6) is 1.60. The molecule has 5 rings (SSSR count). The molecule has 2 unspecified atom stereocenters. The molecule has 9 nitrogen and oxygen atoms in total. The van der Waals surface area contributed by atoms with E-state index in [0.29, 0.717) is 37.7 Å². The summed E-state index contributed by atoms with van der Waals surface area (Å²) in [6, 6.07) is 2.08. The van der Waals surface area contributed by atoms with Gasteiger partial charge in [0, 0.05) is 43.2 Å². The van der Waals surface area contributed by atoms with Crippen LogP contribution in [-0.4, -0.2) is 80.4 Å². The molecule has 14 heteroatoms. The fourth-order valence-corrected chi connectivity index (χ4v) is 6.38. The molecule has 0 bridgehead atoms. The standard InChI is InChI=1S/C24H26F4N8OS/c1-14-10-34(5-6-35(14)21(37)23(11-25)4-7-38-23)19-18-20(31-13-30-19)36(12-22(18,2)3)17-8-15(24(26,27)28)16(9-29)32-33-17/h8,13-14H,4-7,10-12H2,1-3H3. The molecule has 2 aromatic heterocycles. The molecule has 3 aliphatic heterocycles. The lowest BCUT2D eigenvalue weighted by Crippen LogP contribution is -2.61. The minimum absolute atomic E-state index is 0.0638. The van der Waals surface area contributed by atoms with Crippen LogP contribution in [0.5, 0.6) is 0 Å². The number of rotatable bonds is 4. The fraction of sp³-hybridized carbons (Fsp3) is 0.583. The number of amides is 1. The third-order valence-corrected chi connectivity index (χ3v) is 8.89. The van der Waals surface area contributed by atoms with E-state index < -0.39 is 34.3 Å². The number of anilines is 3. The maximum atomic E-state index is 13.7. The van der Waals surface area contributed by atoms with Crippen molar-refractivity contribution in [3.63, 3.8) is 0 Å². The van der Waals surface area contributed by atoms with E-state index in [0.717, 1.165) is 17.4 Å². The van der Waals surface area contributed by atoms with Crippen LogP contribution >= 0.6 is 11.8 Å². The van der Waals surface area contributed by atoms with Gasteiger partial charge in [-0.2, -0.15) is 18.4 Å². The van der Waals surface area contributed by atoms with E-state index >= 15 is 0 Å². The van der Waals surface area contributed by atoms with Gasteiger partial charge in [0.2, 0.25) is 5.91 Å². The Labute approximate surface area is 221 Å². The van der Waals surface area contributed by atoms with Gasteiger partial charge in [-0.25, -0.2) is 14.4 Å². The number of nitrogens with zero attached hydrogens (tertiary/aromatic N) is 8. The molecule has 38 heavy (non-hydrogen) atoms. The molecule has 0 spiro atoms. The maximum Gasteiger partial charge on any atom is 0.419 e. The largest absolute Gasteiger partial charge is 0.419 e. The second kappa shape index (κ2) is 9.21. The summed E-state index contributed by atoms with van der Waals surface area (Å²) in [5.41, 5.74) is -1.76. The monoisotopic (exact) mass is 550 g/mol. The van der Waals surface area contributed by atoms with E-state index in [1.54, 1.807) is 9.80 Å². The first-order valence-corrected chi connectivity index (χ1v) is 13.1. The first-order chi connectivity index (χ1) is 17.9. The molecule has 0 radical (unpaired) electrons. The summed E-state index contributed by atoms with van der Waals surface area (Å²) >= 11 is 1.37. The molecule has 0 aliphatic carbocycles. The first kappa shape index (κ1) is 26.4. The van der Waals surface area contributed by atoms with E-state index in [9.17, 15) is 22.4 Å². The lowest BCUT2D eigenvalue weighted by Gasteiger charge is -2.47. The number of fused-ring (bicyclic) bond motifs is 1. The molecule has 0 N–H and O–H groups in total. The van der Waals surface area contributed by atoms with Crippen LogP contribution in [0.4, 0.5) is 35.0 Å². The van der Waals surface area contributed by atoms with Crippen molar-refractivity contribution >= 4 is 35.1 Å². The highest BCUT2D eigenvalue weighted by atomic mass is 32.2. The van der Waals surface area contributed by atoms with Crippen molar-refractivity contribution in [1.82, 2.24) is 25.1 Å². The molecule has 1 amide bonds. The quantitative estimate of drug-likeness (QED) is 0.530. The van der Waals surface area contributed by atoms with Crippen LogP contribution in [0.15, 0.2) is 12.4 Å². The topological polar surface area (TPSA) is 102 Å². The fourth-order valence-electron chi connectivity index (χ4n) is 5.36.